The Morgan fingerprint density at radius 1 is 1.20 bits per heavy atom. The van der Waals surface area contributed by atoms with Gasteiger partial charge in [0.05, 0.1) is 0 Å². The van der Waals surface area contributed by atoms with Crippen molar-refractivity contribution in [3.8, 4) is 0 Å². The van der Waals surface area contributed by atoms with E-state index in [1.165, 1.54) is 28.1 Å². The lowest BCUT2D eigenvalue weighted by molar-refractivity contribution is 0.968. The maximum atomic E-state index is 5.85. The molecule has 2 rings (SSSR count). The third-order valence-corrected chi connectivity index (χ3v) is 3.26. The van der Waals surface area contributed by atoms with Crippen LogP contribution < -0.4 is 10.9 Å². The summed E-state index contributed by atoms with van der Waals surface area (Å²) in [5.74, 6) is 7.36. The molecule has 2 aromatic rings. The molecule has 15 heavy (non-hydrogen) atoms. The predicted octanol–water partition coefficient (Wildman–Crippen LogP) is 1.27. The van der Waals surface area contributed by atoms with E-state index in [1.807, 2.05) is 13.8 Å². The first-order valence-corrected chi connectivity index (χ1v) is 5.93. The molecule has 0 amide bonds. The van der Waals surface area contributed by atoms with Crippen molar-refractivity contribution >= 4 is 33.3 Å². The van der Waals surface area contributed by atoms with E-state index in [9.17, 15) is 0 Å². The Balaban J connectivity index is 2.23. The van der Waals surface area contributed by atoms with Gasteiger partial charge >= 0.3 is 0 Å². The van der Waals surface area contributed by atoms with Crippen LogP contribution in [0, 0.1) is 6.92 Å². The van der Waals surface area contributed by atoms with Crippen molar-refractivity contribution in [2.45, 2.75) is 20.3 Å². The minimum Gasteiger partial charge on any atom is -0.239 e. The van der Waals surface area contributed by atoms with Crippen LogP contribution >= 0.6 is 23.1 Å². The third kappa shape index (κ3) is 2.11. The molecule has 8 heteroatoms. The third-order valence-electron chi connectivity index (χ3n) is 1.70. The molecular formula is C7H10N6S2. The fourth-order valence-electron chi connectivity index (χ4n) is 0.952. The first-order chi connectivity index (χ1) is 7.20. The number of aryl methyl sites for hydroxylation is 2. The SMILES string of the molecule is CCc1nsc(N(N)c2nc(C)ns2)n1. The lowest BCUT2D eigenvalue weighted by Gasteiger charge is -2.08. The zero-order valence-electron chi connectivity index (χ0n) is 8.34. The summed E-state index contributed by atoms with van der Waals surface area (Å²) in [7, 11) is 0. The molecule has 0 saturated heterocycles. The topological polar surface area (TPSA) is 80.8 Å². The lowest BCUT2D eigenvalue weighted by atomic mass is 10.5. The van der Waals surface area contributed by atoms with Gasteiger partial charge in [-0.2, -0.15) is 8.75 Å². The van der Waals surface area contributed by atoms with Gasteiger partial charge < -0.3 is 0 Å². The molecular weight excluding hydrogens is 232 g/mol. The number of rotatable bonds is 3. The Morgan fingerprint density at radius 2 is 1.87 bits per heavy atom. The Bertz CT molecular complexity index is 450. The second kappa shape index (κ2) is 4.17. The highest BCUT2D eigenvalue weighted by molar-refractivity contribution is 7.12. The molecule has 2 heterocycles. The predicted molar refractivity (Wildman–Crippen MR) is 60.3 cm³/mol. The van der Waals surface area contributed by atoms with E-state index in [4.69, 9.17) is 5.84 Å². The van der Waals surface area contributed by atoms with Gasteiger partial charge in [-0.15, -0.1) is 0 Å². The van der Waals surface area contributed by atoms with E-state index in [0.29, 0.717) is 16.1 Å². The highest BCUT2D eigenvalue weighted by Gasteiger charge is 2.13. The molecule has 0 aliphatic heterocycles. The molecule has 0 spiro atoms. The molecule has 0 radical (unpaired) electrons. The van der Waals surface area contributed by atoms with Crippen molar-refractivity contribution in [2.24, 2.45) is 5.84 Å². The fourth-order valence-corrected chi connectivity index (χ4v) is 2.29. The van der Waals surface area contributed by atoms with Crippen LogP contribution in [-0.2, 0) is 6.42 Å². The second-order valence-corrected chi connectivity index (χ2v) is 4.30. The number of hydrogen-bond acceptors (Lipinski definition) is 8. The summed E-state index contributed by atoms with van der Waals surface area (Å²) in [4.78, 5) is 8.43. The standard InChI is InChI=1S/C7H10N6S2/c1-3-5-10-7(15-12-5)13(8)6-9-4(2)11-14-6/h3,8H2,1-2H3. The zero-order valence-corrected chi connectivity index (χ0v) is 9.97. The Kier molecular flexibility index (Phi) is 2.89. The lowest BCUT2D eigenvalue weighted by Crippen LogP contribution is -2.24. The first kappa shape index (κ1) is 10.4. The van der Waals surface area contributed by atoms with Gasteiger partial charge in [0.15, 0.2) is 0 Å². The van der Waals surface area contributed by atoms with Gasteiger partial charge in [0.25, 0.3) is 0 Å². The average Bonchev–Trinajstić information content (AvgIpc) is 2.84. The van der Waals surface area contributed by atoms with Crippen molar-refractivity contribution in [1.29, 1.82) is 0 Å². The Hall–Kier alpha value is -1.12. The van der Waals surface area contributed by atoms with Gasteiger partial charge in [0.1, 0.15) is 11.6 Å². The van der Waals surface area contributed by atoms with Crippen LogP contribution in [0.2, 0.25) is 0 Å². The molecule has 6 nitrogen and oxygen atoms in total. The molecule has 2 N–H and O–H groups in total. The number of nitrogens with zero attached hydrogens (tertiary/aromatic N) is 5. The molecule has 2 aromatic heterocycles. The minimum absolute atomic E-state index is 0.631. The van der Waals surface area contributed by atoms with Crippen molar-refractivity contribution in [3.05, 3.63) is 11.6 Å². The zero-order chi connectivity index (χ0) is 10.8. The minimum atomic E-state index is 0.631. The molecule has 0 atom stereocenters. The Morgan fingerprint density at radius 3 is 2.40 bits per heavy atom. The smallest absolute Gasteiger partial charge is 0.226 e. The molecule has 0 aromatic carbocycles. The Labute approximate surface area is 95.1 Å². The quantitative estimate of drug-likeness (QED) is 0.645. The van der Waals surface area contributed by atoms with Crippen LogP contribution in [0.15, 0.2) is 0 Å². The number of hydrogen-bond donors (Lipinski definition) is 1. The second-order valence-electron chi connectivity index (χ2n) is 2.84. The van der Waals surface area contributed by atoms with E-state index in [-0.39, 0.29) is 0 Å². The molecule has 0 aliphatic rings. The summed E-state index contributed by atoms with van der Waals surface area (Å²) in [6.45, 7) is 3.83. The summed E-state index contributed by atoms with van der Waals surface area (Å²) in [6, 6.07) is 0. The van der Waals surface area contributed by atoms with Crippen LogP contribution in [0.5, 0.6) is 0 Å². The number of aromatic nitrogens is 4. The molecule has 80 valence electrons. The van der Waals surface area contributed by atoms with Crippen molar-refractivity contribution < 1.29 is 0 Å². The van der Waals surface area contributed by atoms with Crippen molar-refractivity contribution in [1.82, 2.24) is 18.7 Å². The van der Waals surface area contributed by atoms with Crippen LogP contribution in [0.3, 0.4) is 0 Å². The number of anilines is 2. The van der Waals surface area contributed by atoms with Gasteiger partial charge in [0.2, 0.25) is 10.3 Å². The van der Waals surface area contributed by atoms with Gasteiger partial charge in [-0.25, -0.2) is 20.8 Å². The van der Waals surface area contributed by atoms with Crippen LogP contribution in [0.1, 0.15) is 18.6 Å². The highest BCUT2D eigenvalue weighted by Crippen LogP contribution is 2.24. The normalized spacial score (nSPS) is 10.6. The van der Waals surface area contributed by atoms with Crippen LogP contribution in [0.25, 0.3) is 0 Å². The maximum Gasteiger partial charge on any atom is 0.226 e. The van der Waals surface area contributed by atoms with E-state index in [2.05, 4.69) is 18.7 Å². The monoisotopic (exact) mass is 242 g/mol. The number of nitrogens with two attached hydrogens (primary N) is 1. The van der Waals surface area contributed by atoms with E-state index >= 15 is 0 Å². The largest absolute Gasteiger partial charge is 0.239 e. The van der Waals surface area contributed by atoms with Crippen LogP contribution in [-0.4, -0.2) is 18.7 Å². The van der Waals surface area contributed by atoms with Gasteiger partial charge in [-0.1, -0.05) is 6.92 Å². The van der Waals surface area contributed by atoms with Gasteiger partial charge in [-0.3, -0.25) is 0 Å². The first-order valence-electron chi connectivity index (χ1n) is 4.38. The average molecular weight is 242 g/mol. The van der Waals surface area contributed by atoms with E-state index < -0.39 is 0 Å². The highest BCUT2D eigenvalue weighted by atomic mass is 32.1. The van der Waals surface area contributed by atoms with E-state index in [1.54, 1.807) is 0 Å². The van der Waals surface area contributed by atoms with E-state index in [0.717, 1.165) is 12.2 Å². The van der Waals surface area contributed by atoms with Gasteiger partial charge in [0, 0.05) is 29.5 Å². The summed E-state index contributed by atoms with van der Waals surface area (Å²) >= 11 is 2.51. The van der Waals surface area contributed by atoms with Crippen molar-refractivity contribution in [2.75, 3.05) is 5.01 Å². The molecule has 0 unspecified atom stereocenters. The maximum absolute atomic E-state index is 5.85. The van der Waals surface area contributed by atoms with Crippen molar-refractivity contribution in [3.63, 3.8) is 0 Å². The van der Waals surface area contributed by atoms with Crippen LogP contribution in [0.4, 0.5) is 10.3 Å². The van der Waals surface area contributed by atoms with Gasteiger partial charge in [-0.05, 0) is 6.92 Å². The molecule has 0 bridgehead atoms. The molecule has 0 saturated carbocycles. The summed E-state index contributed by atoms with van der Waals surface area (Å²) in [6.07, 6.45) is 0.805. The fraction of sp³-hybridized carbons (Fsp3) is 0.429. The number of hydrazine groups is 1. The molecule has 0 fully saturated rings. The summed E-state index contributed by atoms with van der Waals surface area (Å²) < 4.78 is 8.21. The summed E-state index contributed by atoms with van der Waals surface area (Å²) in [5.41, 5.74) is 0. The summed E-state index contributed by atoms with van der Waals surface area (Å²) in [5, 5.41) is 2.69. The molecule has 0 aliphatic carbocycles.